The quantitative estimate of drug-likeness (QED) is 0.380. The Hall–Kier alpha value is 0.840. The monoisotopic (exact) mass is 300 g/mol. The van der Waals surface area contributed by atoms with Gasteiger partial charge in [0.15, 0.2) is 0 Å². The molecular weight excluding hydrogens is 291 g/mol. The van der Waals surface area contributed by atoms with Gasteiger partial charge in [0.2, 0.25) is 0 Å². The first-order valence-electron chi connectivity index (χ1n) is 2.19. The zero-order valence-corrected chi connectivity index (χ0v) is 9.21. The average molecular weight is 300 g/mol. The average Bonchev–Trinajstić information content (AvgIpc) is 1.90. The van der Waals surface area contributed by atoms with E-state index in [0.717, 1.165) is 0 Å². The molecule has 0 rings (SSSR count). The highest BCUT2D eigenvalue weighted by atomic mass is 127. The van der Waals surface area contributed by atoms with Crippen LogP contribution >= 0.6 is 0 Å². The largest absolute Gasteiger partial charge is 0.507 e. The van der Waals surface area contributed by atoms with Gasteiger partial charge in [-0.1, -0.05) is 0 Å². The van der Waals surface area contributed by atoms with Gasteiger partial charge >= 0.3 is 11.7 Å². The van der Waals surface area contributed by atoms with Gasteiger partial charge in [-0.3, -0.25) is 0 Å². The molecule has 0 aromatic carbocycles. The van der Waals surface area contributed by atoms with Crippen molar-refractivity contribution < 1.29 is 43.9 Å². The van der Waals surface area contributed by atoms with Crippen molar-refractivity contribution in [3.05, 3.63) is 0 Å². The Bertz CT molecular complexity index is 60.6. The van der Waals surface area contributed by atoms with Gasteiger partial charge in [-0.25, -0.2) is 0 Å². The molecule has 0 N–H and O–H groups in total. The van der Waals surface area contributed by atoms with Gasteiger partial charge in [-0.05, 0) is 0 Å². The Labute approximate surface area is 77.1 Å². The van der Waals surface area contributed by atoms with Crippen LogP contribution < -0.4 is 31.4 Å². The summed E-state index contributed by atoms with van der Waals surface area (Å²) >= 11 is -4.76. The Kier molecular flexibility index (Phi) is 14.2. The zero-order valence-electron chi connectivity index (χ0n) is 6.24. The molecule has 0 aliphatic carbocycles. The van der Waals surface area contributed by atoms with Crippen molar-refractivity contribution in [1.29, 1.82) is 0 Å². The van der Waals surface area contributed by atoms with Gasteiger partial charge in [0.25, 0.3) is 21.1 Å². The second-order valence-corrected chi connectivity index (χ2v) is 3.38. The maximum Gasteiger partial charge on any atom is 0.507 e. The van der Waals surface area contributed by atoms with Gasteiger partial charge in [-0.15, -0.1) is 12.5 Å². The normalized spacial score (nSPS) is 9.82. The lowest BCUT2D eigenvalue weighted by Gasteiger charge is -1.88. The van der Waals surface area contributed by atoms with Crippen LogP contribution in [0.15, 0.2) is 0 Å². The third-order valence-corrected chi connectivity index (χ3v) is 1.22. The summed E-state index contributed by atoms with van der Waals surface area (Å²) in [6, 6.07) is 0. The lowest BCUT2D eigenvalue weighted by Crippen LogP contribution is -4.05. The number of halogens is 1. The summed E-state index contributed by atoms with van der Waals surface area (Å²) in [6.07, 6.45) is 0. The predicted octanol–water partition coefficient (Wildman–Crippen LogP) is -6.27. The van der Waals surface area contributed by atoms with Crippen molar-refractivity contribution in [2.24, 2.45) is 0 Å². The van der Waals surface area contributed by atoms with Crippen molar-refractivity contribution in [2.75, 3.05) is 21.3 Å². The topological polar surface area (TPSA) is 96.9 Å². The Balaban J connectivity index is 0. The molecule has 0 unspecified atom stereocenters. The van der Waals surface area contributed by atoms with E-state index in [2.05, 4.69) is 12.5 Å². The Morgan fingerprint density at radius 1 is 0.909 bits per heavy atom. The number of hydrogen-bond acceptors (Lipinski definition) is 6. The number of rotatable bonds is 3. The van der Waals surface area contributed by atoms with E-state index in [1.54, 1.807) is 0 Å². The van der Waals surface area contributed by atoms with Crippen molar-refractivity contribution >= 4 is 11.7 Å². The fraction of sp³-hybridized carbons (Fsp3) is 1.00. The smallest absolute Gasteiger partial charge is 0.427 e. The molecule has 0 radical (unpaired) electrons. The lowest BCUT2D eigenvalue weighted by molar-refractivity contribution is -1.73. The van der Waals surface area contributed by atoms with E-state index in [9.17, 15) is 0 Å². The van der Waals surface area contributed by atoms with Crippen LogP contribution in [0.1, 0.15) is 0 Å². The summed E-state index contributed by atoms with van der Waals surface area (Å²) in [5.41, 5.74) is 0. The van der Waals surface area contributed by atoms with Crippen molar-refractivity contribution in [1.82, 2.24) is 0 Å². The van der Waals surface area contributed by atoms with Gasteiger partial charge < -0.3 is 10.3 Å². The Morgan fingerprint density at radius 3 is 1.09 bits per heavy atom. The minimum absolute atomic E-state index is 0.745. The second kappa shape index (κ2) is 10.8. The van der Waals surface area contributed by atoms with Crippen LogP contribution in [0.4, 0.5) is 0 Å². The maximum absolute atomic E-state index is 8.57. The molecule has 0 bridgehead atoms. The van der Waals surface area contributed by atoms with Crippen molar-refractivity contribution in [3.63, 3.8) is 0 Å². The molecule has 0 saturated heterocycles. The van der Waals surface area contributed by atoms with Gasteiger partial charge in [0.1, 0.15) is 0 Å². The van der Waals surface area contributed by atoms with E-state index in [1.807, 2.05) is 0 Å². The molecule has 11 heavy (non-hydrogen) atoms. The van der Waals surface area contributed by atoms with Gasteiger partial charge in [0, 0.05) is 0 Å². The second-order valence-electron chi connectivity index (χ2n) is 0.893. The predicted molar refractivity (Wildman–Crippen MR) is 28.4 cm³/mol. The summed E-state index contributed by atoms with van der Waals surface area (Å²) in [7, 11) is 4.57. The fourth-order valence-electron chi connectivity index (χ4n) is 0.204. The third-order valence-electron chi connectivity index (χ3n) is 0.408. The summed E-state index contributed by atoms with van der Waals surface area (Å²) in [6.45, 7) is 0. The van der Waals surface area contributed by atoms with Gasteiger partial charge in [-0.2, -0.15) is 0 Å². The summed E-state index contributed by atoms with van der Waals surface area (Å²) in [5.74, 6) is 0. The molecule has 0 spiro atoms. The van der Waals surface area contributed by atoms with Crippen LogP contribution in [-0.2, 0) is 24.3 Å². The van der Waals surface area contributed by atoms with Gasteiger partial charge in [0.05, 0.1) is 21.3 Å². The molecule has 0 atom stereocenters. The molecule has 6 nitrogen and oxygen atoms in total. The summed E-state index contributed by atoms with van der Waals surface area (Å²) in [5, 5.41) is 0. The van der Waals surface area contributed by atoms with E-state index >= 15 is 0 Å². The molecule has 70 valence electrons. The third kappa shape index (κ3) is 18.1. The number of hydrogen-bond donors (Lipinski definition) is 0. The van der Waals surface area contributed by atoms with Crippen molar-refractivity contribution in [3.8, 4) is 0 Å². The van der Waals surface area contributed by atoms with Crippen molar-refractivity contribution in [2.45, 2.75) is 0 Å². The minimum Gasteiger partial charge on any atom is -0.427 e. The highest BCUT2D eigenvalue weighted by molar-refractivity contribution is 7.82. The molecule has 8 heteroatoms. The molecule has 0 fully saturated rings. The van der Waals surface area contributed by atoms with Crippen LogP contribution in [0, 0.1) is 0 Å². The van der Waals surface area contributed by atoms with E-state index in [4.69, 9.17) is 10.3 Å². The van der Waals surface area contributed by atoms with Crippen LogP contribution in [0.5, 0.6) is 0 Å². The first-order chi connectivity index (χ1) is 5.08. The van der Waals surface area contributed by atoms with E-state index in [0.29, 0.717) is 0 Å². The van der Waals surface area contributed by atoms with Crippen LogP contribution in [0.2, 0.25) is 0 Å². The van der Waals surface area contributed by atoms with Crippen LogP contribution in [0.25, 0.3) is 0 Å². The summed E-state index contributed by atoms with van der Waals surface area (Å²) in [4.78, 5) is 0. The molecule has 0 amide bonds. The Morgan fingerprint density at radius 2 is 1.09 bits per heavy atom. The standard InChI is InChI=1S/C3H9O3S.IO3/c1-4-7(5-2)6-3;2-1(3)4/h1-3H3;/q+1;-1. The summed E-state index contributed by atoms with van der Waals surface area (Å²) < 4.78 is 39.6. The molecule has 0 saturated carbocycles. The zero-order chi connectivity index (χ0) is 9.28. The molecule has 0 aromatic rings. The first-order valence-corrected chi connectivity index (χ1v) is 5.83. The molecule has 0 aliphatic heterocycles. The van der Waals surface area contributed by atoms with E-state index < -0.39 is 32.8 Å². The highest BCUT2D eigenvalue weighted by Gasteiger charge is 2.17. The fourth-order valence-corrected chi connectivity index (χ4v) is 0.612. The molecule has 0 aliphatic rings. The van der Waals surface area contributed by atoms with E-state index in [-0.39, 0.29) is 0 Å². The highest BCUT2D eigenvalue weighted by Crippen LogP contribution is 1.94. The van der Waals surface area contributed by atoms with Crippen LogP contribution in [-0.4, -0.2) is 21.3 Å². The molecular formula is C3H9IO6S. The molecule has 0 heterocycles. The lowest BCUT2D eigenvalue weighted by atomic mass is 11.8. The van der Waals surface area contributed by atoms with E-state index in [1.165, 1.54) is 21.3 Å². The minimum atomic E-state index is -4.01. The van der Waals surface area contributed by atoms with Crippen LogP contribution in [0.3, 0.4) is 0 Å². The molecule has 0 aromatic heterocycles. The SMILES string of the molecule is CO[S+](OC)OC.[O-][I+2]([O-])[O-]. The first kappa shape index (κ1) is 14.4. The maximum atomic E-state index is 8.57.